The minimum absolute atomic E-state index is 0.143. The molecule has 0 aliphatic rings. The van der Waals surface area contributed by atoms with Gasteiger partial charge >= 0.3 is 6.09 Å². The maximum atomic E-state index is 12.8. The Morgan fingerprint density at radius 1 is 0.828 bits per heavy atom. The highest BCUT2D eigenvalue weighted by Gasteiger charge is 2.22. The summed E-state index contributed by atoms with van der Waals surface area (Å²) < 4.78 is 5.28. The fourth-order valence-electron chi connectivity index (χ4n) is 2.83. The number of carbonyl (C=O) groups excluding carboxylic acids is 2. The second-order valence-electron chi connectivity index (χ2n) is 6.80. The minimum atomic E-state index is -0.762. The highest BCUT2D eigenvalue weighted by Crippen LogP contribution is 2.11. The summed E-state index contributed by atoms with van der Waals surface area (Å²) in [4.78, 5) is 25.1. The summed E-state index contributed by atoms with van der Waals surface area (Å²) in [5.74, 6) is -0.297. The van der Waals surface area contributed by atoms with Gasteiger partial charge in [-0.05, 0) is 30.2 Å². The Hall–Kier alpha value is -3.60. The van der Waals surface area contributed by atoms with Crippen molar-refractivity contribution in [3.8, 4) is 0 Å². The third-order valence-corrected chi connectivity index (χ3v) is 4.42. The van der Waals surface area contributed by atoms with Gasteiger partial charge in [-0.25, -0.2) is 4.79 Å². The summed E-state index contributed by atoms with van der Waals surface area (Å²) in [6.45, 7) is 2.12. The van der Waals surface area contributed by atoms with Crippen LogP contribution in [0.5, 0.6) is 0 Å². The van der Waals surface area contributed by atoms with Crippen LogP contribution in [0.1, 0.15) is 16.7 Å². The fourth-order valence-corrected chi connectivity index (χ4v) is 2.83. The molecule has 0 bridgehead atoms. The summed E-state index contributed by atoms with van der Waals surface area (Å²) in [5.41, 5.74) is 3.61. The molecule has 5 nitrogen and oxygen atoms in total. The number of carbonyl (C=O) groups is 2. The molecule has 0 saturated carbocycles. The van der Waals surface area contributed by atoms with Gasteiger partial charge in [-0.1, -0.05) is 78.4 Å². The van der Waals surface area contributed by atoms with E-state index < -0.39 is 12.1 Å². The predicted octanol–water partition coefficient (Wildman–Crippen LogP) is 4.47. The van der Waals surface area contributed by atoms with E-state index in [1.807, 2.05) is 91.9 Å². The van der Waals surface area contributed by atoms with Crippen LogP contribution in [0, 0.1) is 6.92 Å². The number of rotatable bonds is 7. The molecule has 2 N–H and O–H groups in total. The highest BCUT2D eigenvalue weighted by atomic mass is 16.5. The lowest BCUT2D eigenvalue weighted by molar-refractivity contribution is -0.118. The SMILES string of the molecule is Cc1ccc(NC(=O)[C@H](Cc2ccccc2)NC(=O)OCc2ccccc2)cc1. The van der Waals surface area contributed by atoms with Crippen molar-refractivity contribution in [3.05, 3.63) is 102 Å². The van der Waals surface area contributed by atoms with Crippen molar-refractivity contribution >= 4 is 17.7 Å². The van der Waals surface area contributed by atoms with Crippen molar-refractivity contribution in [3.63, 3.8) is 0 Å². The number of aryl methyl sites for hydroxylation is 1. The van der Waals surface area contributed by atoms with Crippen molar-refractivity contribution in [2.45, 2.75) is 26.0 Å². The maximum absolute atomic E-state index is 12.8. The molecule has 0 fully saturated rings. The third kappa shape index (κ3) is 6.50. The van der Waals surface area contributed by atoms with Gasteiger partial charge < -0.3 is 15.4 Å². The number of ether oxygens (including phenoxy) is 1. The lowest BCUT2D eigenvalue weighted by Crippen LogP contribution is -2.45. The molecule has 148 valence electrons. The number of anilines is 1. The first-order chi connectivity index (χ1) is 14.1. The zero-order chi connectivity index (χ0) is 20.5. The van der Waals surface area contributed by atoms with E-state index in [9.17, 15) is 9.59 Å². The molecule has 0 heterocycles. The average molecular weight is 388 g/mol. The Morgan fingerprint density at radius 3 is 2.03 bits per heavy atom. The Bertz CT molecular complexity index is 925. The lowest BCUT2D eigenvalue weighted by Gasteiger charge is -2.19. The van der Waals surface area contributed by atoms with Crippen LogP contribution in [-0.4, -0.2) is 18.0 Å². The predicted molar refractivity (Wildman–Crippen MR) is 114 cm³/mol. The van der Waals surface area contributed by atoms with E-state index in [1.54, 1.807) is 0 Å². The molecule has 29 heavy (non-hydrogen) atoms. The molecular formula is C24H24N2O3. The van der Waals surface area contributed by atoms with Crippen molar-refractivity contribution in [2.24, 2.45) is 0 Å². The van der Waals surface area contributed by atoms with E-state index in [0.29, 0.717) is 12.1 Å². The first kappa shape index (κ1) is 20.1. The summed E-state index contributed by atoms with van der Waals surface area (Å²) in [5, 5.41) is 5.55. The average Bonchev–Trinajstić information content (AvgIpc) is 2.75. The van der Waals surface area contributed by atoms with Crippen LogP contribution in [0.2, 0.25) is 0 Å². The number of alkyl carbamates (subject to hydrolysis) is 1. The van der Waals surface area contributed by atoms with E-state index in [4.69, 9.17) is 4.74 Å². The molecule has 0 aliphatic carbocycles. The van der Waals surface area contributed by atoms with Gasteiger partial charge in [-0.2, -0.15) is 0 Å². The largest absolute Gasteiger partial charge is 0.445 e. The highest BCUT2D eigenvalue weighted by molar-refractivity contribution is 5.96. The molecule has 2 amide bonds. The Balaban J connectivity index is 1.65. The smallest absolute Gasteiger partial charge is 0.408 e. The van der Waals surface area contributed by atoms with E-state index in [0.717, 1.165) is 16.7 Å². The third-order valence-electron chi connectivity index (χ3n) is 4.42. The summed E-state index contributed by atoms with van der Waals surface area (Å²) >= 11 is 0. The standard InChI is InChI=1S/C24H24N2O3/c1-18-12-14-21(15-13-18)25-23(27)22(16-19-8-4-2-5-9-19)26-24(28)29-17-20-10-6-3-7-11-20/h2-15,22H,16-17H2,1H3,(H,25,27)(H,26,28)/t22-/m0/s1. The summed E-state index contributed by atoms with van der Waals surface area (Å²) in [7, 11) is 0. The maximum Gasteiger partial charge on any atom is 0.408 e. The van der Waals surface area contributed by atoms with Crippen molar-refractivity contribution in [1.82, 2.24) is 5.32 Å². The van der Waals surface area contributed by atoms with Crippen LogP contribution in [0.25, 0.3) is 0 Å². The molecule has 3 aromatic carbocycles. The first-order valence-electron chi connectivity index (χ1n) is 9.49. The molecule has 0 aliphatic heterocycles. The Kier molecular flexibility index (Phi) is 7.00. The normalized spacial score (nSPS) is 11.3. The van der Waals surface area contributed by atoms with Crippen molar-refractivity contribution < 1.29 is 14.3 Å². The molecule has 0 aromatic heterocycles. The van der Waals surface area contributed by atoms with Crippen LogP contribution in [0.4, 0.5) is 10.5 Å². The van der Waals surface area contributed by atoms with E-state index >= 15 is 0 Å². The Morgan fingerprint density at radius 2 is 1.41 bits per heavy atom. The molecule has 0 saturated heterocycles. The zero-order valence-electron chi connectivity index (χ0n) is 16.3. The first-order valence-corrected chi connectivity index (χ1v) is 9.49. The molecule has 0 spiro atoms. The minimum Gasteiger partial charge on any atom is -0.445 e. The number of nitrogens with one attached hydrogen (secondary N) is 2. The fraction of sp³-hybridized carbons (Fsp3) is 0.167. The summed E-state index contributed by atoms with van der Waals surface area (Å²) in [6, 6.07) is 25.7. The molecule has 0 radical (unpaired) electrons. The number of benzene rings is 3. The quantitative estimate of drug-likeness (QED) is 0.627. The molecular weight excluding hydrogens is 364 g/mol. The van der Waals surface area contributed by atoms with E-state index in [1.165, 1.54) is 0 Å². The van der Waals surface area contributed by atoms with Crippen LogP contribution >= 0.6 is 0 Å². The number of hydrogen-bond donors (Lipinski definition) is 2. The number of hydrogen-bond acceptors (Lipinski definition) is 3. The molecule has 5 heteroatoms. The van der Waals surface area contributed by atoms with Gasteiger partial charge in [0.1, 0.15) is 12.6 Å². The van der Waals surface area contributed by atoms with Gasteiger partial charge in [0.05, 0.1) is 0 Å². The second kappa shape index (κ2) is 10.1. The molecule has 0 unspecified atom stereocenters. The van der Waals surface area contributed by atoms with E-state index in [2.05, 4.69) is 10.6 Å². The van der Waals surface area contributed by atoms with Gasteiger partial charge in [0.15, 0.2) is 0 Å². The van der Waals surface area contributed by atoms with Gasteiger partial charge in [-0.3, -0.25) is 4.79 Å². The molecule has 1 atom stereocenters. The second-order valence-corrected chi connectivity index (χ2v) is 6.80. The van der Waals surface area contributed by atoms with Crippen LogP contribution in [0.15, 0.2) is 84.9 Å². The van der Waals surface area contributed by atoms with Crippen LogP contribution in [-0.2, 0) is 22.6 Å². The van der Waals surface area contributed by atoms with Gasteiger partial charge in [-0.15, -0.1) is 0 Å². The number of amides is 2. The molecule has 3 rings (SSSR count). The molecule has 3 aromatic rings. The van der Waals surface area contributed by atoms with E-state index in [-0.39, 0.29) is 12.5 Å². The monoisotopic (exact) mass is 388 g/mol. The lowest BCUT2D eigenvalue weighted by atomic mass is 10.1. The van der Waals surface area contributed by atoms with Gasteiger partial charge in [0.25, 0.3) is 0 Å². The van der Waals surface area contributed by atoms with Crippen molar-refractivity contribution in [1.29, 1.82) is 0 Å². The van der Waals surface area contributed by atoms with Gasteiger partial charge in [0.2, 0.25) is 5.91 Å². The zero-order valence-corrected chi connectivity index (χ0v) is 16.3. The summed E-state index contributed by atoms with van der Waals surface area (Å²) in [6.07, 6.45) is -0.271. The van der Waals surface area contributed by atoms with Crippen molar-refractivity contribution in [2.75, 3.05) is 5.32 Å². The van der Waals surface area contributed by atoms with Gasteiger partial charge in [0, 0.05) is 12.1 Å². The van der Waals surface area contributed by atoms with Crippen LogP contribution < -0.4 is 10.6 Å². The Labute approximate surface area is 170 Å². The topological polar surface area (TPSA) is 67.4 Å². The van der Waals surface area contributed by atoms with Crippen LogP contribution in [0.3, 0.4) is 0 Å².